The largest absolute Gasteiger partial charge is 0.332 e. The van der Waals surface area contributed by atoms with E-state index in [-0.39, 0.29) is 5.78 Å². The summed E-state index contributed by atoms with van der Waals surface area (Å²) in [5.74, 6) is 0.0439. The molecule has 0 atom stereocenters. The van der Waals surface area contributed by atoms with Crippen LogP contribution >= 0.6 is 12.2 Å². The fourth-order valence-electron chi connectivity index (χ4n) is 2.36. The van der Waals surface area contributed by atoms with E-state index in [0.29, 0.717) is 10.7 Å². The Bertz CT molecular complexity index is 855. The summed E-state index contributed by atoms with van der Waals surface area (Å²) >= 11 is 5.33. The molecule has 0 unspecified atom stereocenters. The summed E-state index contributed by atoms with van der Waals surface area (Å²) in [5.41, 5.74) is 3.57. The number of hydrogen-bond donors (Lipinski definition) is 2. The van der Waals surface area contributed by atoms with E-state index in [9.17, 15) is 4.79 Å². The number of nitrogens with one attached hydrogen (secondary N) is 2. The third-order valence-corrected chi connectivity index (χ3v) is 3.87. The summed E-state index contributed by atoms with van der Waals surface area (Å²) in [6.07, 6.45) is 3.70. The lowest BCUT2D eigenvalue weighted by atomic mass is 10.1. The smallest absolute Gasteiger partial charge is 0.175 e. The van der Waals surface area contributed by atoms with E-state index in [1.165, 1.54) is 0 Å². The van der Waals surface area contributed by atoms with E-state index in [1.807, 2.05) is 53.3 Å². The highest BCUT2D eigenvalue weighted by atomic mass is 32.1. The molecule has 0 radical (unpaired) electrons. The first-order chi connectivity index (χ1) is 12.1. The fraction of sp³-hybridized carbons (Fsp3) is 0.105. The maximum absolute atomic E-state index is 11.3. The van der Waals surface area contributed by atoms with Gasteiger partial charge in [-0.25, -0.2) is 0 Å². The average molecular weight is 350 g/mol. The van der Waals surface area contributed by atoms with Crippen LogP contribution in [0.1, 0.15) is 22.8 Å². The molecule has 0 saturated heterocycles. The Labute approximate surface area is 151 Å². The van der Waals surface area contributed by atoms with Gasteiger partial charge in [0.1, 0.15) is 0 Å². The summed E-state index contributed by atoms with van der Waals surface area (Å²) in [6, 6.07) is 17.1. The molecule has 126 valence electrons. The molecule has 2 N–H and O–H groups in total. The van der Waals surface area contributed by atoms with Crippen LogP contribution in [0.25, 0.3) is 0 Å². The highest BCUT2D eigenvalue weighted by molar-refractivity contribution is 7.80. The second-order valence-corrected chi connectivity index (χ2v) is 6.02. The maximum Gasteiger partial charge on any atom is 0.175 e. The monoisotopic (exact) mass is 350 g/mol. The first-order valence-corrected chi connectivity index (χ1v) is 8.26. The molecule has 0 spiro atoms. The van der Waals surface area contributed by atoms with Gasteiger partial charge in [0.05, 0.1) is 6.54 Å². The van der Waals surface area contributed by atoms with Gasteiger partial charge in [0.2, 0.25) is 0 Å². The number of carbonyl (C=O) groups excluding carboxylic acids is 1. The van der Waals surface area contributed by atoms with Gasteiger partial charge < -0.3 is 10.6 Å². The van der Waals surface area contributed by atoms with E-state index in [0.717, 1.165) is 23.5 Å². The molecule has 6 heteroatoms. The number of anilines is 2. The van der Waals surface area contributed by atoms with Gasteiger partial charge in [-0.15, -0.1) is 0 Å². The van der Waals surface area contributed by atoms with Crippen molar-refractivity contribution in [3.05, 3.63) is 78.1 Å². The van der Waals surface area contributed by atoms with Crippen LogP contribution in [-0.2, 0) is 6.54 Å². The molecule has 0 fully saturated rings. The zero-order valence-electron chi connectivity index (χ0n) is 13.8. The number of Topliss-reactive ketones (excluding diaryl/α,β-unsaturated/α-hetero) is 1. The number of benzene rings is 2. The molecule has 0 saturated carbocycles. The summed E-state index contributed by atoms with van der Waals surface area (Å²) in [4.78, 5) is 11.3. The van der Waals surface area contributed by atoms with Gasteiger partial charge in [0.15, 0.2) is 10.9 Å². The van der Waals surface area contributed by atoms with Crippen molar-refractivity contribution >= 4 is 34.5 Å². The van der Waals surface area contributed by atoms with Crippen molar-refractivity contribution in [1.29, 1.82) is 0 Å². The van der Waals surface area contributed by atoms with Crippen LogP contribution in [0.5, 0.6) is 0 Å². The van der Waals surface area contributed by atoms with Crippen LogP contribution < -0.4 is 10.6 Å². The third kappa shape index (κ3) is 4.74. The number of ketones is 1. The van der Waals surface area contributed by atoms with Gasteiger partial charge in [0.25, 0.3) is 0 Å². The second kappa shape index (κ2) is 7.72. The minimum atomic E-state index is 0.0439. The number of rotatable bonds is 5. The lowest BCUT2D eigenvalue weighted by Gasteiger charge is -2.11. The van der Waals surface area contributed by atoms with Crippen LogP contribution in [0.15, 0.2) is 67.0 Å². The van der Waals surface area contributed by atoms with Gasteiger partial charge in [-0.3, -0.25) is 9.48 Å². The number of hydrogen-bond acceptors (Lipinski definition) is 3. The zero-order valence-corrected chi connectivity index (χ0v) is 14.6. The van der Waals surface area contributed by atoms with Crippen molar-refractivity contribution in [2.45, 2.75) is 13.5 Å². The third-order valence-electron chi connectivity index (χ3n) is 3.66. The standard InChI is InChI=1S/C19H18N4OS/c1-14(24)16-5-9-18(10-6-16)22-19(25)21-17-7-3-15(4-8-17)13-23-12-2-11-20-23/h2-12H,13H2,1H3,(H2,21,22,25). The van der Waals surface area contributed by atoms with Crippen LogP contribution in [0.2, 0.25) is 0 Å². The van der Waals surface area contributed by atoms with Crippen molar-refractivity contribution in [3.8, 4) is 0 Å². The van der Waals surface area contributed by atoms with Gasteiger partial charge in [0, 0.05) is 29.3 Å². The molecular weight excluding hydrogens is 332 g/mol. The van der Waals surface area contributed by atoms with E-state index in [1.54, 1.807) is 25.3 Å². The summed E-state index contributed by atoms with van der Waals surface area (Å²) in [7, 11) is 0. The molecule has 0 amide bonds. The predicted octanol–water partition coefficient (Wildman–Crippen LogP) is 3.94. The molecule has 5 nitrogen and oxygen atoms in total. The Morgan fingerprint density at radius 3 is 2.16 bits per heavy atom. The summed E-state index contributed by atoms with van der Waals surface area (Å²) < 4.78 is 1.87. The summed E-state index contributed by atoms with van der Waals surface area (Å²) in [6.45, 7) is 2.28. The molecule has 0 bridgehead atoms. The van der Waals surface area contributed by atoms with Crippen molar-refractivity contribution in [2.75, 3.05) is 10.6 Å². The second-order valence-electron chi connectivity index (χ2n) is 5.61. The topological polar surface area (TPSA) is 59.0 Å². The molecule has 1 heterocycles. The van der Waals surface area contributed by atoms with Crippen LogP contribution in [0.4, 0.5) is 11.4 Å². The van der Waals surface area contributed by atoms with Crippen LogP contribution in [-0.4, -0.2) is 20.7 Å². The van der Waals surface area contributed by atoms with E-state index in [2.05, 4.69) is 15.7 Å². The first kappa shape index (κ1) is 16.9. The molecule has 1 aromatic heterocycles. The highest BCUT2D eigenvalue weighted by Gasteiger charge is 2.02. The lowest BCUT2D eigenvalue weighted by molar-refractivity contribution is 0.101. The predicted molar refractivity (Wildman–Crippen MR) is 104 cm³/mol. The number of carbonyl (C=O) groups is 1. The molecular formula is C19H18N4OS. The summed E-state index contributed by atoms with van der Waals surface area (Å²) in [5, 5.41) is 10.9. The van der Waals surface area contributed by atoms with Crippen LogP contribution in [0.3, 0.4) is 0 Å². The van der Waals surface area contributed by atoms with Gasteiger partial charge >= 0.3 is 0 Å². The number of nitrogens with zero attached hydrogens (tertiary/aromatic N) is 2. The first-order valence-electron chi connectivity index (χ1n) is 7.85. The molecule has 0 aliphatic heterocycles. The van der Waals surface area contributed by atoms with Gasteiger partial charge in [-0.1, -0.05) is 12.1 Å². The van der Waals surface area contributed by atoms with E-state index < -0.39 is 0 Å². The van der Waals surface area contributed by atoms with Crippen LogP contribution in [0, 0.1) is 0 Å². The SMILES string of the molecule is CC(=O)c1ccc(NC(=S)Nc2ccc(Cn3cccn3)cc2)cc1. The Morgan fingerprint density at radius 2 is 1.64 bits per heavy atom. The molecule has 3 aromatic rings. The van der Waals surface area contributed by atoms with Crippen molar-refractivity contribution in [1.82, 2.24) is 9.78 Å². The Hall–Kier alpha value is -2.99. The molecule has 25 heavy (non-hydrogen) atoms. The van der Waals surface area contributed by atoms with Crippen molar-refractivity contribution < 1.29 is 4.79 Å². The normalized spacial score (nSPS) is 10.3. The molecule has 0 aliphatic rings. The van der Waals surface area contributed by atoms with Crippen molar-refractivity contribution in [2.24, 2.45) is 0 Å². The zero-order chi connectivity index (χ0) is 17.6. The quantitative estimate of drug-likeness (QED) is 0.539. The average Bonchev–Trinajstić information content (AvgIpc) is 3.10. The van der Waals surface area contributed by atoms with E-state index in [4.69, 9.17) is 12.2 Å². The Kier molecular flexibility index (Phi) is 5.20. The van der Waals surface area contributed by atoms with E-state index >= 15 is 0 Å². The van der Waals surface area contributed by atoms with Gasteiger partial charge in [-0.2, -0.15) is 5.10 Å². The number of thiocarbonyl (C=S) groups is 1. The highest BCUT2D eigenvalue weighted by Crippen LogP contribution is 2.13. The molecule has 2 aromatic carbocycles. The maximum atomic E-state index is 11.3. The minimum Gasteiger partial charge on any atom is -0.332 e. The number of aromatic nitrogens is 2. The molecule has 3 rings (SSSR count). The fourth-order valence-corrected chi connectivity index (χ4v) is 2.59. The Balaban J connectivity index is 1.56. The molecule has 0 aliphatic carbocycles. The minimum absolute atomic E-state index is 0.0439. The van der Waals surface area contributed by atoms with Gasteiger partial charge in [-0.05, 0) is 67.2 Å². The lowest BCUT2D eigenvalue weighted by Crippen LogP contribution is -2.19. The Morgan fingerprint density at radius 1 is 1.04 bits per heavy atom. The van der Waals surface area contributed by atoms with Crippen molar-refractivity contribution in [3.63, 3.8) is 0 Å².